The van der Waals surface area contributed by atoms with Crippen LogP contribution in [0.3, 0.4) is 0 Å². The highest BCUT2D eigenvalue weighted by Crippen LogP contribution is 2.44. The van der Waals surface area contributed by atoms with E-state index in [4.69, 9.17) is 10.5 Å². The van der Waals surface area contributed by atoms with Crippen LogP contribution in [0, 0.1) is 0 Å². The molecule has 1 aliphatic heterocycles. The summed E-state index contributed by atoms with van der Waals surface area (Å²) in [5, 5.41) is 2.23. The molecule has 0 radical (unpaired) electrons. The predicted octanol–water partition coefficient (Wildman–Crippen LogP) is 3.89. The molecular weight excluding hydrogens is 493 g/mol. The second-order valence-corrected chi connectivity index (χ2v) is 9.58. The molecule has 3 aromatic rings. The fourth-order valence-electron chi connectivity index (χ4n) is 4.36. The number of thiazole rings is 1. The van der Waals surface area contributed by atoms with Gasteiger partial charge in [0.2, 0.25) is 5.88 Å². The van der Waals surface area contributed by atoms with Crippen molar-refractivity contribution in [2.75, 3.05) is 32.1 Å². The van der Waals surface area contributed by atoms with Crippen LogP contribution in [0.15, 0.2) is 28.5 Å². The zero-order valence-electron chi connectivity index (χ0n) is 20.0. The molecule has 2 N–H and O–H groups in total. The molecule has 190 valence electrons. The van der Waals surface area contributed by atoms with Crippen molar-refractivity contribution in [2.24, 2.45) is 17.8 Å². The number of halogens is 3. The molecular formula is C23H25F3N8OS. The van der Waals surface area contributed by atoms with E-state index in [9.17, 15) is 13.2 Å². The van der Waals surface area contributed by atoms with E-state index in [0.29, 0.717) is 53.4 Å². The van der Waals surface area contributed by atoms with E-state index >= 15 is 0 Å². The lowest BCUT2D eigenvalue weighted by Gasteiger charge is -2.31. The number of hydrogen-bond donors (Lipinski definition) is 1. The van der Waals surface area contributed by atoms with Gasteiger partial charge in [-0.15, -0.1) is 11.3 Å². The molecule has 4 heterocycles. The summed E-state index contributed by atoms with van der Waals surface area (Å²) in [6.07, 6.45) is 0.666. The van der Waals surface area contributed by atoms with Crippen molar-refractivity contribution in [1.82, 2.24) is 24.5 Å². The average molecular weight is 519 g/mol. The molecule has 0 amide bonds. The van der Waals surface area contributed by atoms with Gasteiger partial charge in [-0.1, -0.05) is 0 Å². The Morgan fingerprint density at radius 2 is 2.03 bits per heavy atom. The van der Waals surface area contributed by atoms with E-state index < -0.39 is 11.9 Å². The van der Waals surface area contributed by atoms with Gasteiger partial charge < -0.3 is 19.9 Å². The lowest BCUT2D eigenvalue weighted by Crippen LogP contribution is -2.37. The average Bonchev–Trinajstić information content (AvgIpc) is 3.46. The first-order valence-electron chi connectivity index (χ1n) is 11.4. The molecule has 0 aromatic carbocycles. The summed E-state index contributed by atoms with van der Waals surface area (Å²) >= 11 is 1.25. The smallest absolute Gasteiger partial charge is 0.434 e. The van der Waals surface area contributed by atoms with Gasteiger partial charge in [0.1, 0.15) is 12.1 Å². The number of nitrogens with zero attached hydrogens (tertiary/aromatic N) is 7. The molecule has 1 saturated carbocycles. The molecule has 13 heteroatoms. The lowest BCUT2D eigenvalue weighted by atomic mass is 9.95. The van der Waals surface area contributed by atoms with Crippen LogP contribution in [0.4, 0.5) is 19.0 Å². The number of aromatic nitrogens is 5. The SMILES string of the molecule is CN=C1CCN(c2csc(-c3nc(C(F)(F)F)cn3C)n2)C/C1=C(/N)c1c(OC)ncnc1C1CC1. The number of piperidine rings is 1. The quantitative estimate of drug-likeness (QED) is 0.546. The van der Waals surface area contributed by atoms with Crippen LogP contribution in [0.1, 0.15) is 42.1 Å². The Hall–Kier alpha value is -3.48. The standard InChI is InChI=1S/C23H25F3N8OS/c1-28-14-6-7-34(16-10-36-22(32-16)20-31-15(9-33(20)2)23(24,25)26)8-13(14)18(27)17-19(12-4-5-12)29-11-30-21(17)35-3/h9-12H,4-8,27H2,1-3H3/b18-13-,28-14?. The van der Waals surface area contributed by atoms with Gasteiger partial charge in [0, 0.05) is 62.4 Å². The molecule has 3 aromatic heterocycles. The first-order valence-corrected chi connectivity index (χ1v) is 12.2. The minimum Gasteiger partial charge on any atom is -0.480 e. The molecule has 2 aliphatic rings. The van der Waals surface area contributed by atoms with E-state index in [2.05, 4.69) is 24.9 Å². The molecule has 5 rings (SSSR count). The van der Waals surface area contributed by atoms with Gasteiger partial charge in [-0.3, -0.25) is 4.99 Å². The zero-order chi connectivity index (χ0) is 25.6. The lowest BCUT2D eigenvalue weighted by molar-refractivity contribution is -0.140. The van der Waals surface area contributed by atoms with Crippen molar-refractivity contribution >= 4 is 28.6 Å². The Kier molecular flexibility index (Phi) is 6.18. The van der Waals surface area contributed by atoms with Crippen LogP contribution in [-0.4, -0.2) is 57.5 Å². The number of aryl methyl sites for hydroxylation is 1. The molecule has 0 bridgehead atoms. The third kappa shape index (κ3) is 4.43. The number of imidazole rings is 1. The molecule has 0 unspecified atom stereocenters. The maximum atomic E-state index is 13.1. The topological polar surface area (TPSA) is 107 Å². The molecule has 0 spiro atoms. The summed E-state index contributed by atoms with van der Waals surface area (Å²) in [7, 11) is 4.82. The number of methoxy groups -OCH3 is 1. The summed E-state index contributed by atoms with van der Waals surface area (Å²) < 4.78 is 46.2. The Bertz CT molecular complexity index is 1360. The second-order valence-electron chi connectivity index (χ2n) is 8.72. The molecule has 9 nitrogen and oxygen atoms in total. The van der Waals surface area contributed by atoms with Crippen LogP contribution in [0.5, 0.6) is 5.88 Å². The normalized spacial score (nSPS) is 19.2. The highest BCUT2D eigenvalue weighted by molar-refractivity contribution is 7.13. The molecule has 1 aliphatic carbocycles. The summed E-state index contributed by atoms with van der Waals surface area (Å²) in [4.78, 5) is 23.7. The number of hydrogen-bond acceptors (Lipinski definition) is 9. The van der Waals surface area contributed by atoms with E-state index in [1.165, 1.54) is 29.3 Å². The Balaban J connectivity index is 1.49. The summed E-state index contributed by atoms with van der Waals surface area (Å²) in [5.41, 5.74) is 9.63. The predicted molar refractivity (Wildman–Crippen MR) is 131 cm³/mol. The van der Waals surface area contributed by atoms with Gasteiger partial charge >= 0.3 is 6.18 Å². The van der Waals surface area contributed by atoms with Crippen LogP contribution in [0.25, 0.3) is 16.5 Å². The van der Waals surface area contributed by atoms with E-state index in [-0.39, 0.29) is 5.82 Å². The van der Waals surface area contributed by atoms with Gasteiger partial charge in [0.15, 0.2) is 16.5 Å². The molecule has 2 fully saturated rings. The monoisotopic (exact) mass is 518 g/mol. The summed E-state index contributed by atoms with van der Waals surface area (Å²) in [5.74, 6) is 1.57. The fraction of sp³-hybridized carbons (Fsp3) is 0.435. The zero-order valence-corrected chi connectivity index (χ0v) is 20.8. The Morgan fingerprint density at radius 3 is 2.67 bits per heavy atom. The van der Waals surface area contributed by atoms with Gasteiger partial charge in [0.25, 0.3) is 0 Å². The first kappa shape index (κ1) is 24.2. The van der Waals surface area contributed by atoms with Crippen molar-refractivity contribution < 1.29 is 17.9 Å². The van der Waals surface area contributed by atoms with E-state index in [0.717, 1.165) is 36.0 Å². The van der Waals surface area contributed by atoms with Gasteiger partial charge in [0.05, 0.1) is 24.1 Å². The van der Waals surface area contributed by atoms with E-state index in [1.807, 2.05) is 10.3 Å². The number of aliphatic imine (C=N–C) groups is 1. The van der Waals surface area contributed by atoms with Crippen LogP contribution >= 0.6 is 11.3 Å². The maximum Gasteiger partial charge on any atom is 0.434 e. The van der Waals surface area contributed by atoms with Crippen molar-refractivity contribution in [2.45, 2.75) is 31.4 Å². The number of rotatable bonds is 5. The van der Waals surface area contributed by atoms with Gasteiger partial charge in [-0.25, -0.2) is 19.9 Å². The maximum absolute atomic E-state index is 13.1. The third-order valence-corrected chi connectivity index (χ3v) is 7.18. The van der Waals surface area contributed by atoms with Gasteiger partial charge in [-0.05, 0) is 12.8 Å². The number of anilines is 1. The van der Waals surface area contributed by atoms with Crippen LogP contribution in [0.2, 0.25) is 0 Å². The Morgan fingerprint density at radius 1 is 1.25 bits per heavy atom. The van der Waals surface area contributed by atoms with Crippen LogP contribution < -0.4 is 15.4 Å². The molecule has 0 atom stereocenters. The van der Waals surface area contributed by atoms with Crippen LogP contribution in [-0.2, 0) is 13.2 Å². The van der Waals surface area contributed by atoms with Crippen molar-refractivity contribution in [3.8, 4) is 16.7 Å². The highest BCUT2D eigenvalue weighted by atomic mass is 32.1. The van der Waals surface area contributed by atoms with E-state index in [1.54, 1.807) is 14.2 Å². The minimum absolute atomic E-state index is 0.168. The highest BCUT2D eigenvalue weighted by Gasteiger charge is 2.35. The van der Waals surface area contributed by atoms with Gasteiger partial charge in [-0.2, -0.15) is 13.2 Å². The number of alkyl halides is 3. The van der Waals surface area contributed by atoms with Crippen molar-refractivity contribution in [1.29, 1.82) is 0 Å². The number of ether oxygens (including phenoxy) is 1. The molecule has 1 saturated heterocycles. The van der Waals surface area contributed by atoms with Crippen molar-refractivity contribution in [3.63, 3.8) is 0 Å². The summed E-state index contributed by atoms with van der Waals surface area (Å²) in [6.45, 7) is 1.07. The fourth-order valence-corrected chi connectivity index (χ4v) is 5.22. The summed E-state index contributed by atoms with van der Waals surface area (Å²) in [6, 6.07) is 0. The minimum atomic E-state index is -4.52. The largest absolute Gasteiger partial charge is 0.480 e. The Labute approximate surface area is 209 Å². The second kappa shape index (κ2) is 9.19. The van der Waals surface area contributed by atoms with Crippen molar-refractivity contribution in [3.05, 3.63) is 40.4 Å². The third-order valence-electron chi connectivity index (χ3n) is 6.35. The first-order chi connectivity index (χ1) is 17.2. The number of nitrogens with two attached hydrogens (primary N) is 1. The molecule has 36 heavy (non-hydrogen) atoms.